The van der Waals surface area contributed by atoms with Crippen molar-refractivity contribution in [3.63, 3.8) is 0 Å². The summed E-state index contributed by atoms with van der Waals surface area (Å²) in [6.07, 6.45) is 2.12. The van der Waals surface area contributed by atoms with Gasteiger partial charge in [0.05, 0.1) is 11.9 Å². The fourth-order valence-electron chi connectivity index (χ4n) is 2.34. The number of rotatable bonds is 5. The van der Waals surface area contributed by atoms with Crippen molar-refractivity contribution in [2.24, 2.45) is 5.92 Å². The molecule has 106 valence electrons. The van der Waals surface area contributed by atoms with E-state index in [1.54, 1.807) is 0 Å². The summed E-state index contributed by atoms with van der Waals surface area (Å²) in [6, 6.07) is 5.40. The maximum absolute atomic E-state index is 12.7. The predicted molar refractivity (Wildman–Crippen MR) is 70.4 cm³/mol. The van der Waals surface area contributed by atoms with Gasteiger partial charge >= 0.3 is 0 Å². The molecule has 0 heterocycles. The minimum atomic E-state index is -3.44. The summed E-state index contributed by atoms with van der Waals surface area (Å²) in [4.78, 5) is 0. The molecule has 6 heteroatoms. The van der Waals surface area contributed by atoms with Crippen molar-refractivity contribution < 1.29 is 17.9 Å². The average molecular weight is 287 g/mol. The summed E-state index contributed by atoms with van der Waals surface area (Å²) in [5, 5.41) is 9.63. The highest BCUT2D eigenvalue weighted by atomic mass is 32.2. The van der Waals surface area contributed by atoms with Crippen LogP contribution in [0, 0.1) is 11.7 Å². The SMILES string of the molecule is O=S(=O)(Cc1ccc(F)cc1)NCC1CCCC1O. The molecule has 1 saturated carbocycles. The number of halogens is 1. The Morgan fingerprint density at radius 3 is 2.53 bits per heavy atom. The second-order valence-electron chi connectivity index (χ2n) is 4.99. The average Bonchev–Trinajstić information content (AvgIpc) is 2.75. The van der Waals surface area contributed by atoms with Crippen molar-refractivity contribution in [2.45, 2.75) is 31.1 Å². The molecule has 0 aliphatic heterocycles. The molecule has 0 saturated heterocycles. The van der Waals surface area contributed by atoms with E-state index in [9.17, 15) is 17.9 Å². The van der Waals surface area contributed by atoms with Crippen LogP contribution in [-0.2, 0) is 15.8 Å². The van der Waals surface area contributed by atoms with Crippen LogP contribution in [0.5, 0.6) is 0 Å². The van der Waals surface area contributed by atoms with Crippen molar-refractivity contribution >= 4 is 10.0 Å². The molecule has 1 aromatic rings. The molecule has 2 N–H and O–H groups in total. The summed E-state index contributed by atoms with van der Waals surface area (Å²) < 4.78 is 39.0. The minimum Gasteiger partial charge on any atom is -0.393 e. The molecule has 1 fully saturated rings. The number of benzene rings is 1. The van der Waals surface area contributed by atoms with E-state index >= 15 is 0 Å². The van der Waals surface area contributed by atoms with Gasteiger partial charge in [0, 0.05) is 6.54 Å². The Balaban J connectivity index is 1.89. The van der Waals surface area contributed by atoms with Crippen molar-refractivity contribution in [2.75, 3.05) is 6.54 Å². The lowest BCUT2D eigenvalue weighted by Crippen LogP contribution is -2.33. The molecule has 2 atom stereocenters. The third-order valence-corrected chi connectivity index (χ3v) is 4.77. The molecule has 2 rings (SSSR count). The van der Waals surface area contributed by atoms with Gasteiger partial charge in [-0.05, 0) is 36.5 Å². The first-order chi connectivity index (χ1) is 8.96. The maximum Gasteiger partial charge on any atom is 0.215 e. The van der Waals surface area contributed by atoms with E-state index in [1.165, 1.54) is 24.3 Å². The van der Waals surface area contributed by atoms with Crippen molar-refractivity contribution in [1.29, 1.82) is 0 Å². The number of hydrogen-bond donors (Lipinski definition) is 2. The molecule has 0 spiro atoms. The van der Waals surface area contributed by atoms with E-state index in [0.717, 1.165) is 19.3 Å². The zero-order valence-corrected chi connectivity index (χ0v) is 11.4. The zero-order chi connectivity index (χ0) is 13.9. The van der Waals surface area contributed by atoms with Gasteiger partial charge in [-0.1, -0.05) is 18.6 Å². The molecule has 0 radical (unpaired) electrons. The summed E-state index contributed by atoms with van der Waals surface area (Å²) >= 11 is 0. The van der Waals surface area contributed by atoms with E-state index < -0.39 is 16.1 Å². The Morgan fingerprint density at radius 1 is 1.26 bits per heavy atom. The molecule has 2 unspecified atom stereocenters. The van der Waals surface area contributed by atoms with E-state index in [0.29, 0.717) is 5.56 Å². The monoisotopic (exact) mass is 287 g/mol. The van der Waals surface area contributed by atoms with Crippen molar-refractivity contribution in [1.82, 2.24) is 4.72 Å². The maximum atomic E-state index is 12.7. The standard InChI is InChI=1S/C13H18FNO3S/c14-12-6-4-10(5-7-12)9-19(17,18)15-8-11-2-1-3-13(11)16/h4-7,11,13,15-16H,1-3,8-9H2. The molecule has 1 aliphatic carbocycles. The van der Waals surface area contributed by atoms with Crippen LogP contribution in [0.25, 0.3) is 0 Å². The third-order valence-electron chi connectivity index (χ3n) is 3.45. The Hall–Kier alpha value is -0.980. The van der Waals surface area contributed by atoms with Gasteiger partial charge in [0.2, 0.25) is 10.0 Å². The van der Waals surface area contributed by atoms with Crippen molar-refractivity contribution in [3.05, 3.63) is 35.6 Å². The van der Waals surface area contributed by atoms with E-state index in [1.807, 2.05) is 0 Å². The largest absolute Gasteiger partial charge is 0.393 e. The van der Waals surface area contributed by atoms with Crippen LogP contribution in [0.15, 0.2) is 24.3 Å². The quantitative estimate of drug-likeness (QED) is 0.860. The summed E-state index contributed by atoms with van der Waals surface area (Å²) in [5.74, 6) is -0.554. The van der Waals surface area contributed by atoms with Crippen LogP contribution >= 0.6 is 0 Å². The number of aliphatic hydroxyl groups is 1. The Labute approximate surface area is 112 Å². The number of hydrogen-bond acceptors (Lipinski definition) is 3. The van der Waals surface area contributed by atoms with E-state index in [2.05, 4.69) is 4.72 Å². The Morgan fingerprint density at radius 2 is 1.95 bits per heavy atom. The molecule has 0 amide bonds. The molecule has 4 nitrogen and oxygen atoms in total. The number of nitrogens with one attached hydrogen (secondary N) is 1. The van der Waals surface area contributed by atoms with Gasteiger partial charge < -0.3 is 5.11 Å². The summed E-state index contributed by atoms with van der Waals surface area (Å²) in [5.41, 5.74) is 0.542. The van der Waals surface area contributed by atoms with Crippen LogP contribution in [0.1, 0.15) is 24.8 Å². The number of sulfonamides is 1. The molecule has 0 aromatic heterocycles. The third kappa shape index (κ3) is 4.26. The van der Waals surface area contributed by atoms with Crippen LogP contribution in [0.4, 0.5) is 4.39 Å². The first-order valence-corrected chi connectivity index (χ1v) is 8.01. The van der Waals surface area contributed by atoms with Crippen LogP contribution in [0.2, 0.25) is 0 Å². The first-order valence-electron chi connectivity index (χ1n) is 6.36. The predicted octanol–water partition coefficient (Wildman–Crippen LogP) is 1.41. The fraction of sp³-hybridized carbons (Fsp3) is 0.538. The van der Waals surface area contributed by atoms with Crippen LogP contribution in [0.3, 0.4) is 0 Å². The number of aliphatic hydroxyl groups excluding tert-OH is 1. The highest BCUT2D eigenvalue weighted by Crippen LogP contribution is 2.24. The van der Waals surface area contributed by atoms with Gasteiger partial charge in [-0.2, -0.15) is 0 Å². The van der Waals surface area contributed by atoms with E-state index in [4.69, 9.17) is 0 Å². The smallest absolute Gasteiger partial charge is 0.215 e. The zero-order valence-electron chi connectivity index (χ0n) is 10.5. The first kappa shape index (κ1) is 14.4. The fourth-order valence-corrected chi connectivity index (χ4v) is 3.54. The molecular formula is C13H18FNO3S. The second kappa shape index (κ2) is 5.98. The normalized spacial score (nSPS) is 23.7. The van der Waals surface area contributed by atoms with Gasteiger partial charge in [-0.3, -0.25) is 0 Å². The lowest BCUT2D eigenvalue weighted by Gasteiger charge is -2.15. The highest BCUT2D eigenvalue weighted by molar-refractivity contribution is 7.88. The second-order valence-corrected chi connectivity index (χ2v) is 6.80. The molecule has 1 aliphatic rings. The topological polar surface area (TPSA) is 66.4 Å². The van der Waals surface area contributed by atoms with Crippen LogP contribution in [-0.4, -0.2) is 26.2 Å². The van der Waals surface area contributed by atoms with E-state index in [-0.39, 0.29) is 24.0 Å². The van der Waals surface area contributed by atoms with Gasteiger partial charge in [0.1, 0.15) is 5.82 Å². The lowest BCUT2D eigenvalue weighted by atomic mass is 10.1. The molecule has 0 bridgehead atoms. The summed E-state index contributed by atoms with van der Waals surface area (Å²) in [6.45, 7) is 0.269. The van der Waals surface area contributed by atoms with Gasteiger partial charge in [-0.25, -0.2) is 17.5 Å². The van der Waals surface area contributed by atoms with Crippen LogP contribution < -0.4 is 4.72 Å². The Bertz CT molecular complexity index is 515. The highest BCUT2D eigenvalue weighted by Gasteiger charge is 2.26. The van der Waals surface area contributed by atoms with Gasteiger partial charge in [0.25, 0.3) is 0 Å². The van der Waals surface area contributed by atoms with Gasteiger partial charge in [-0.15, -0.1) is 0 Å². The van der Waals surface area contributed by atoms with Crippen molar-refractivity contribution in [3.8, 4) is 0 Å². The minimum absolute atomic E-state index is 0.00277. The molecule has 1 aromatic carbocycles. The summed E-state index contributed by atoms with van der Waals surface area (Å²) in [7, 11) is -3.44. The lowest BCUT2D eigenvalue weighted by molar-refractivity contribution is 0.134. The molecular weight excluding hydrogens is 269 g/mol. The van der Waals surface area contributed by atoms with Gasteiger partial charge in [0.15, 0.2) is 0 Å². The Kier molecular flexibility index (Phi) is 4.54. The molecule has 19 heavy (non-hydrogen) atoms.